The number of hydrazine groups is 1. The molecule has 3 aromatic carbocycles. The number of cyclic esters (lactones) is 1. The number of aromatic nitrogens is 1. The Bertz CT molecular complexity index is 2110. The third kappa shape index (κ3) is 9.17. The molecule has 11 heteroatoms. The fourth-order valence-electron chi connectivity index (χ4n) is 8.01. The summed E-state index contributed by atoms with van der Waals surface area (Å²) in [6.45, 7) is 15.9. The number of ketones is 1. The average molecular weight is 803 g/mol. The number of hydrogen-bond acceptors (Lipinski definition) is 8. The van der Waals surface area contributed by atoms with E-state index < -0.39 is 60.7 Å². The molecule has 2 aliphatic rings. The van der Waals surface area contributed by atoms with E-state index >= 15 is 0 Å². The Morgan fingerprint density at radius 3 is 2.19 bits per heavy atom. The molecule has 10 nitrogen and oxygen atoms in total. The number of ether oxygens (including phenoxy) is 1. The summed E-state index contributed by atoms with van der Waals surface area (Å²) in [6.07, 6.45) is 4.08. The van der Waals surface area contributed by atoms with Gasteiger partial charge in [-0.2, -0.15) is 0 Å². The lowest BCUT2D eigenvalue weighted by Gasteiger charge is -2.44. The summed E-state index contributed by atoms with van der Waals surface area (Å²) in [4.78, 5) is 61.9. The normalized spacial score (nSPS) is 23.1. The maximum absolute atomic E-state index is 14.8. The molecule has 58 heavy (non-hydrogen) atoms. The van der Waals surface area contributed by atoms with Crippen molar-refractivity contribution in [1.29, 1.82) is 0 Å². The SMILES string of the molecule is CC(C)[C@@H]1CC(=O)C(C)(C)/C=C/c2ccc3ccc(nc3c2)[C@@H](C)OC(=O)[C@@H]2CCCN(N2)C(=O)[C@H](CO[Si](c2ccccc2)(c2ccccc2)C(C)(C)C)NC1=O. The van der Waals surface area contributed by atoms with Crippen LogP contribution in [0.5, 0.6) is 0 Å². The highest BCUT2D eigenvalue weighted by molar-refractivity contribution is 6.99. The molecule has 2 aliphatic heterocycles. The van der Waals surface area contributed by atoms with Crippen molar-refractivity contribution in [3.05, 3.63) is 108 Å². The Balaban J connectivity index is 1.40. The number of carbonyl (C=O) groups is 4. The van der Waals surface area contributed by atoms with E-state index in [0.717, 1.165) is 26.8 Å². The van der Waals surface area contributed by atoms with Crippen molar-refractivity contribution in [2.45, 2.75) is 97.9 Å². The van der Waals surface area contributed by atoms with E-state index in [9.17, 15) is 19.2 Å². The van der Waals surface area contributed by atoms with Crippen molar-refractivity contribution in [2.24, 2.45) is 17.3 Å². The van der Waals surface area contributed by atoms with E-state index in [4.69, 9.17) is 14.1 Å². The van der Waals surface area contributed by atoms with Crippen molar-refractivity contribution < 1.29 is 28.3 Å². The number of nitrogens with one attached hydrogen (secondary N) is 2. The predicted molar refractivity (Wildman–Crippen MR) is 230 cm³/mol. The van der Waals surface area contributed by atoms with Crippen LogP contribution in [0.15, 0.2) is 97.1 Å². The third-order valence-corrected chi connectivity index (χ3v) is 16.6. The summed E-state index contributed by atoms with van der Waals surface area (Å²) in [5.41, 5.74) is 4.42. The van der Waals surface area contributed by atoms with Gasteiger partial charge in [-0.25, -0.2) is 10.4 Å². The van der Waals surface area contributed by atoms with E-state index in [1.165, 1.54) is 5.01 Å². The van der Waals surface area contributed by atoms with Crippen LogP contribution in [0.1, 0.15) is 92.0 Å². The molecule has 1 aromatic heterocycles. The Morgan fingerprint density at radius 1 is 0.931 bits per heavy atom. The minimum absolute atomic E-state index is 0.0201. The van der Waals surface area contributed by atoms with Crippen LogP contribution < -0.4 is 21.1 Å². The van der Waals surface area contributed by atoms with Gasteiger partial charge >= 0.3 is 5.97 Å². The second kappa shape index (κ2) is 17.5. The zero-order chi connectivity index (χ0) is 41.8. The molecule has 0 saturated carbocycles. The number of hydrogen-bond donors (Lipinski definition) is 2. The first-order valence-electron chi connectivity index (χ1n) is 20.5. The highest BCUT2D eigenvalue weighted by Gasteiger charge is 2.51. The summed E-state index contributed by atoms with van der Waals surface area (Å²) in [7, 11) is -3.15. The molecule has 0 unspecified atom stereocenters. The van der Waals surface area contributed by atoms with Gasteiger partial charge in [-0.05, 0) is 72.6 Å². The standard InChI is InChI=1S/C47H58N4O6Si/c1-31(2)37-29-42(52)47(7,8)26-25-33-21-22-34-23-24-38(48-40(34)28-33)32(3)57-45(55)39-20-15-27-51(50-39)44(54)41(49-43(37)53)30-56-58(46(4,5)6,35-16-11-9-12-17-35)36-18-13-10-14-19-36/h9-14,16-19,21-26,28,31-32,37,39,41,50H,15,20,27,29-30H2,1-8H3,(H,49,53)/b26-25+/t32-,37+,39+,41+/m1/s1. The van der Waals surface area contributed by atoms with Crippen molar-refractivity contribution in [1.82, 2.24) is 20.7 Å². The average Bonchev–Trinajstić information content (AvgIpc) is 3.20. The van der Waals surface area contributed by atoms with Crippen LogP contribution in [0, 0.1) is 17.3 Å². The molecule has 0 radical (unpaired) electrons. The van der Waals surface area contributed by atoms with Gasteiger partial charge in [-0.15, -0.1) is 0 Å². The Morgan fingerprint density at radius 2 is 1.57 bits per heavy atom. The highest BCUT2D eigenvalue weighted by Crippen LogP contribution is 2.37. The van der Waals surface area contributed by atoms with Gasteiger partial charge in [0.1, 0.15) is 24.0 Å². The lowest BCUT2D eigenvalue weighted by atomic mass is 9.79. The number of nitrogens with zero attached hydrogens (tertiary/aromatic N) is 2. The summed E-state index contributed by atoms with van der Waals surface area (Å²) in [5.74, 6) is -2.38. The number of amides is 2. The summed E-state index contributed by atoms with van der Waals surface area (Å²) in [5, 5.41) is 7.08. The van der Waals surface area contributed by atoms with Gasteiger partial charge in [-0.1, -0.05) is 126 Å². The van der Waals surface area contributed by atoms with Gasteiger partial charge in [0.15, 0.2) is 0 Å². The van der Waals surface area contributed by atoms with Crippen LogP contribution in [-0.4, -0.2) is 67.1 Å². The Hall–Kier alpha value is -4.97. The zero-order valence-corrected chi connectivity index (χ0v) is 36.1. The molecule has 0 spiro atoms. The molecule has 0 aliphatic carbocycles. The molecule has 2 amide bonds. The first kappa shape index (κ1) is 42.6. The van der Waals surface area contributed by atoms with Crippen LogP contribution in [0.25, 0.3) is 17.0 Å². The lowest BCUT2D eigenvalue weighted by Crippen LogP contribution is -2.68. The van der Waals surface area contributed by atoms with E-state index in [0.29, 0.717) is 25.1 Å². The zero-order valence-electron chi connectivity index (χ0n) is 35.1. The Kier molecular flexibility index (Phi) is 12.8. The quantitative estimate of drug-likeness (QED) is 0.164. The number of benzene rings is 3. The van der Waals surface area contributed by atoms with Crippen LogP contribution in [-0.2, 0) is 28.3 Å². The number of fused-ring (bicyclic) bond motifs is 4. The van der Waals surface area contributed by atoms with Gasteiger partial charge < -0.3 is 14.5 Å². The molecule has 2 N–H and O–H groups in total. The van der Waals surface area contributed by atoms with E-state index in [1.807, 2.05) is 107 Å². The highest BCUT2D eigenvalue weighted by atomic mass is 28.4. The summed E-state index contributed by atoms with van der Waals surface area (Å²) in [6, 6.07) is 27.9. The number of pyridine rings is 1. The van der Waals surface area contributed by atoms with Crippen LogP contribution in [0.3, 0.4) is 0 Å². The molecule has 4 atom stereocenters. The van der Waals surface area contributed by atoms with E-state index in [-0.39, 0.29) is 24.7 Å². The fourth-order valence-corrected chi connectivity index (χ4v) is 12.6. The monoisotopic (exact) mass is 802 g/mol. The lowest BCUT2D eigenvalue weighted by molar-refractivity contribution is -0.157. The van der Waals surface area contributed by atoms with Gasteiger partial charge in [0.05, 0.1) is 17.8 Å². The van der Waals surface area contributed by atoms with Crippen molar-refractivity contribution >= 4 is 59.2 Å². The first-order valence-corrected chi connectivity index (χ1v) is 22.4. The third-order valence-electron chi connectivity index (χ3n) is 11.6. The van der Waals surface area contributed by atoms with Crippen LogP contribution in [0.2, 0.25) is 5.04 Å². The van der Waals surface area contributed by atoms with Crippen molar-refractivity contribution in [3.63, 3.8) is 0 Å². The van der Waals surface area contributed by atoms with Gasteiger partial charge in [0.2, 0.25) is 5.91 Å². The second-order valence-corrected chi connectivity index (χ2v) is 22.0. The minimum atomic E-state index is -3.15. The molecule has 3 heterocycles. The number of Topliss-reactive ketones (excluding diaryl/α,β-unsaturated/α-hetero) is 1. The smallest absolute Gasteiger partial charge is 0.325 e. The molecule has 1 fully saturated rings. The number of esters is 1. The summed E-state index contributed by atoms with van der Waals surface area (Å²) >= 11 is 0. The fraction of sp³-hybridized carbons (Fsp3) is 0.426. The van der Waals surface area contributed by atoms with Gasteiger partial charge in [0.25, 0.3) is 14.2 Å². The molecule has 6 rings (SSSR count). The van der Waals surface area contributed by atoms with Crippen molar-refractivity contribution in [2.75, 3.05) is 13.2 Å². The number of rotatable bonds is 6. The maximum Gasteiger partial charge on any atom is 0.325 e. The van der Waals surface area contributed by atoms with E-state index in [1.54, 1.807) is 6.92 Å². The minimum Gasteiger partial charge on any atom is -0.455 e. The molecule has 306 valence electrons. The maximum atomic E-state index is 14.8. The van der Waals surface area contributed by atoms with E-state index in [2.05, 4.69) is 55.8 Å². The molecular formula is C47H58N4O6Si. The van der Waals surface area contributed by atoms with Gasteiger partial charge in [-0.3, -0.25) is 24.2 Å². The summed E-state index contributed by atoms with van der Waals surface area (Å²) < 4.78 is 13.2. The van der Waals surface area contributed by atoms with Gasteiger partial charge in [0, 0.05) is 29.7 Å². The topological polar surface area (TPSA) is 127 Å². The first-order chi connectivity index (χ1) is 27.5. The second-order valence-electron chi connectivity index (χ2n) is 17.6. The molecule has 1 saturated heterocycles. The van der Waals surface area contributed by atoms with Crippen molar-refractivity contribution in [3.8, 4) is 0 Å². The number of allylic oxidation sites excluding steroid dienone is 1. The van der Waals surface area contributed by atoms with Crippen LogP contribution >= 0.6 is 0 Å². The largest absolute Gasteiger partial charge is 0.455 e. The number of carbonyl (C=O) groups excluding carboxylic acids is 4. The Labute approximate surface area is 343 Å². The molecule has 5 bridgehead atoms. The van der Waals surface area contributed by atoms with Crippen LogP contribution in [0.4, 0.5) is 0 Å². The predicted octanol–water partition coefficient (Wildman–Crippen LogP) is 6.68. The molecular weight excluding hydrogens is 745 g/mol. The molecule has 4 aromatic rings.